The minimum atomic E-state index is -3.76. The largest absolute Gasteiger partial charge is 0.480 e. The molecule has 0 saturated carbocycles. The predicted octanol–water partition coefficient (Wildman–Crippen LogP) is 2.93. The fourth-order valence-electron chi connectivity index (χ4n) is 3.10. The summed E-state index contributed by atoms with van der Waals surface area (Å²) in [6.45, 7) is 2.42. The number of methoxy groups -OCH3 is 1. The maximum atomic E-state index is 13.0. The van der Waals surface area contributed by atoms with Crippen molar-refractivity contribution in [1.29, 1.82) is 0 Å². The number of fused-ring (bicyclic) bond motifs is 3. The average molecular weight is 421 g/mol. The predicted molar refractivity (Wildman–Crippen MR) is 102 cm³/mol. The number of hydrogen-bond acceptors (Lipinski definition) is 7. The van der Waals surface area contributed by atoms with Gasteiger partial charge in [-0.05, 0) is 30.7 Å². The molecule has 28 heavy (non-hydrogen) atoms. The fourth-order valence-corrected chi connectivity index (χ4v) is 4.79. The van der Waals surface area contributed by atoms with Crippen molar-refractivity contribution in [2.75, 3.05) is 13.7 Å². The van der Waals surface area contributed by atoms with E-state index >= 15 is 0 Å². The summed E-state index contributed by atoms with van der Waals surface area (Å²) in [7, 11) is -2.40. The Bertz CT molecular complexity index is 1150. The first-order valence-corrected chi connectivity index (χ1v) is 10.5. The van der Waals surface area contributed by atoms with Gasteiger partial charge in [0, 0.05) is 18.6 Å². The van der Waals surface area contributed by atoms with Crippen molar-refractivity contribution < 1.29 is 17.9 Å². The Labute approximate surface area is 167 Å². The second-order valence-electron chi connectivity index (χ2n) is 6.44. The van der Waals surface area contributed by atoms with E-state index in [0.29, 0.717) is 23.6 Å². The molecule has 0 amide bonds. The second-order valence-corrected chi connectivity index (χ2v) is 8.83. The molecule has 0 unspecified atom stereocenters. The monoisotopic (exact) mass is 420 g/mol. The first-order chi connectivity index (χ1) is 13.4. The highest BCUT2D eigenvalue weighted by atomic mass is 35.5. The van der Waals surface area contributed by atoms with Gasteiger partial charge in [-0.2, -0.15) is 5.10 Å². The molecule has 3 aromatic rings. The molecule has 0 saturated heterocycles. The van der Waals surface area contributed by atoms with E-state index < -0.39 is 9.84 Å². The normalized spacial score (nSPS) is 15.9. The van der Waals surface area contributed by atoms with Crippen LogP contribution in [0.1, 0.15) is 18.5 Å². The third-order valence-electron chi connectivity index (χ3n) is 4.40. The molecule has 8 nitrogen and oxygen atoms in total. The Morgan fingerprint density at radius 2 is 2.14 bits per heavy atom. The summed E-state index contributed by atoms with van der Waals surface area (Å²) in [5, 5.41) is 4.55. The highest BCUT2D eigenvalue weighted by Gasteiger charge is 2.25. The Morgan fingerprint density at radius 3 is 2.93 bits per heavy atom. The van der Waals surface area contributed by atoms with Crippen molar-refractivity contribution in [1.82, 2.24) is 19.7 Å². The van der Waals surface area contributed by atoms with Gasteiger partial charge in [0.25, 0.3) is 0 Å². The van der Waals surface area contributed by atoms with Gasteiger partial charge in [-0.15, -0.1) is 0 Å². The van der Waals surface area contributed by atoms with Crippen molar-refractivity contribution >= 4 is 21.4 Å². The van der Waals surface area contributed by atoms with Crippen molar-refractivity contribution in [3.05, 3.63) is 47.4 Å². The molecule has 4 heterocycles. The van der Waals surface area contributed by atoms with Gasteiger partial charge in [0.15, 0.2) is 9.84 Å². The van der Waals surface area contributed by atoms with Crippen LogP contribution in [0.4, 0.5) is 0 Å². The summed E-state index contributed by atoms with van der Waals surface area (Å²) in [5.74, 6) is 0.173. The number of pyridine rings is 2. The summed E-state index contributed by atoms with van der Waals surface area (Å²) < 4.78 is 38.6. The smallest absolute Gasteiger partial charge is 0.232 e. The molecule has 0 aliphatic carbocycles. The van der Waals surface area contributed by atoms with E-state index in [2.05, 4.69) is 15.1 Å². The standard InChI is InChI=1S/C18H17ClN4O4S/c1-11-9-27-17-14(15-3-4-22-23(11)15)5-12(7-20-17)10-28(24,25)16-6-13(19)8-21-18(16)26-2/h3-8,11H,9-10H2,1-2H3/t11-/m1/s1. The van der Waals surface area contributed by atoms with E-state index in [-0.39, 0.29) is 27.6 Å². The lowest BCUT2D eigenvalue weighted by molar-refractivity contribution is 0.252. The zero-order chi connectivity index (χ0) is 19.9. The summed E-state index contributed by atoms with van der Waals surface area (Å²) in [5.41, 5.74) is 2.03. The summed E-state index contributed by atoms with van der Waals surface area (Å²) in [6.07, 6.45) is 4.54. The quantitative estimate of drug-likeness (QED) is 0.640. The lowest BCUT2D eigenvalue weighted by atomic mass is 10.1. The van der Waals surface area contributed by atoms with E-state index in [9.17, 15) is 8.42 Å². The van der Waals surface area contributed by atoms with Crippen LogP contribution in [0.15, 0.2) is 41.7 Å². The van der Waals surface area contributed by atoms with Crippen LogP contribution in [0.3, 0.4) is 0 Å². The van der Waals surface area contributed by atoms with Gasteiger partial charge >= 0.3 is 0 Å². The molecule has 0 aromatic carbocycles. The highest BCUT2D eigenvalue weighted by Crippen LogP contribution is 2.35. The van der Waals surface area contributed by atoms with Crippen LogP contribution in [0, 0.1) is 0 Å². The van der Waals surface area contributed by atoms with Gasteiger partial charge in [0.05, 0.1) is 35.2 Å². The van der Waals surface area contributed by atoms with Crippen molar-refractivity contribution in [2.24, 2.45) is 0 Å². The van der Waals surface area contributed by atoms with E-state index in [4.69, 9.17) is 21.1 Å². The van der Waals surface area contributed by atoms with Crippen molar-refractivity contribution in [2.45, 2.75) is 23.6 Å². The van der Waals surface area contributed by atoms with Gasteiger partial charge in [-0.3, -0.25) is 4.68 Å². The van der Waals surface area contributed by atoms with E-state index in [0.717, 1.165) is 5.69 Å². The molecular weight excluding hydrogens is 404 g/mol. The first-order valence-electron chi connectivity index (χ1n) is 8.47. The van der Waals surface area contributed by atoms with E-state index in [1.165, 1.54) is 25.6 Å². The molecule has 0 bridgehead atoms. The van der Waals surface area contributed by atoms with Crippen LogP contribution in [0.5, 0.6) is 11.8 Å². The first kappa shape index (κ1) is 18.7. The maximum Gasteiger partial charge on any atom is 0.232 e. The van der Waals surface area contributed by atoms with Crippen molar-refractivity contribution in [3.63, 3.8) is 0 Å². The van der Waals surface area contributed by atoms with Gasteiger partial charge in [-0.25, -0.2) is 18.4 Å². The maximum absolute atomic E-state index is 13.0. The van der Waals surface area contributed by atoms with Crippen LogP contribution in [-0.4, -0.2) is 41.9 Å². The number of hydrogen-bond donors (Lipinski definition) is 0. The average Bonchev–Trinajstić information content (AvgIpc) is 3.11. The fraction of sp³-hybridized carbons (Fsp3) is 0.278. The number of halogens is 1. The van der Waals surface area contributed by atoms with Crippen molar-refractivity contribution in [3.8, 4) is 23.0 Å². The number of aromatic nitrogens is 4. The number of rotatable bonds is 4. The lowest BCUT2D eigenvalue weighted by Gasteiger charge is -2.11. The van der Waals surface area contributed by atoms with Crippen LogP contribution in [-0.2, 0) is 15.6 Å². The molecule has 0 spiro atoms. The molecule has 146 valence electrons. The number of nitrogens with zero attached hydrogens (tertiary/aromatic N) is 4. The van der Waals surface area contributed by atoms with E-state index in [1.54, 1.807) is 12.3 Å². The molecule has 0 N–H and O–H groups in total. The van der Waals surface area contributed by atoms with Crippen LogP contribution >= 0.6 is 11.6 Å². The minimum absolute atomic E-state index is 0.00218. The highest BCUT2D eigenvalue weighted by molar-refractivity contribution is 7.90. The number of ether oxygens (including phenoxy) is 2. The van der Waals surface area contributed by atoms with Crippen LogP contribution in [0.2, 0.25) is 5.02 Å². The SMILES string of the molecule is COc1ncc(Cl)cc1S(=O)(=O)Cc1cnc2c(c1)-c1ccnn1[C@H](C)CO2. The number of sulfone groups is 1. The zero-order valence-electron chi connectivity index (χ0n) is 15.2. The van der Waals surface area contributed by atoms with Crippen LogP contribution in [0.25, 0.3) is 11.3 Å². The van der Waals surface area contributed by atoms with Crippen LogP contribution < -0.4 is 9.47 Å². The summed E-state index contributed by atoms with van der Waals surface area (Å²) in [4.78, 5) is 8.20. The Kier molecular flexibility index (Phi) is 4.72. The Morgan fingerprint density at radius 1 is 1.32 bits per heavy atom. The molecule has 0 radical (unpaired) electrons. The molecule has 10 heteroatoms. The Balaban J connectivity index is 1.74. The molecule has 4 rings (SSSR count). The molecule has 1 aliphatic heterocycles. The molecule has 3 aromatic heterocycles. The molecular formula is C18H17ClN4O4S. The van der Waals surface area contributed by atoms with E-state index in [1.807, 2.05) is 17.7 Å². The van der Waals surface area contributed by atoms with Gasteiger partial charge in [-0.1, -0.05) is 11.6 Å². The summed E-state index contributed by atoms with van der Waals surface area (Å²) in [6, 6.07) is 4.98. The minimum Gasteiger partial charge on any atom is -0.480 e. The molecule has 1 atom stereocenters. The van der Waals surface area contributed by atoms with Gasteiger partial charge in [0.2, 0.25) is 11.8 Å². The Hall–Kier alpha value is -2.65. The summed E-state index contributed by atoms with van der Waals surface area (Å²) >= 11 is 5.93. The second kappa shape index (κ2) is 7.06. The third-order valence-corrected chi connectivity index (χ3v) is 6.29. The van der Waals surface area contributed by atoms with Gasteiger partial charge < -0.3 is 9.47 Å². The topological polar surface area (TPSA) is 96.2 Å². The zero-order valence-corrected chi connectivity index (χ0v) is 16.7. The lowest BCUT2D eigenvalue weighted by Crippen LogP contribution is -2.13. The molecule has 1 aliphatic rings. The van der Waals surface area contributed by atoms with Gasteiger partial charge in [0.1, 0.15) is 11.5 Å². The molecule has 0 fully saturated rings. The third kappa shape index (κ3) is 3.31.